The first kappa shape index (κ1) is 10.0. The SMILES string of the molecule is COc1ccc(C(C)NO)cc1C. The summed E-state index contributed by atoms with van der Waals surface area (Å²) in [7, 11) is 1.65. The molecule has 0 saturated heterocycles. The highest BCUT2D eigenvalue weighted by molar-refractivity contribution is 5.37. The van der Waals surface area contributed by atoms with Gasteiger partial charge in [0.25, 0.3) is 0 Å². The van der Waals surface area contributed by atoms with Crippen molar-refractivity contribution in [2.45, 2.75) is 19.9 Å². The third kappa shape index (κ3) is 2.20. The van der Waals surface area contributed by atoms with Gasteiger partial charge in [0.15, 0.2) is 0 Å². The molecule has 1 aromatic rings. The number of nitrogens with one attached hydrogen (secondary N) is 1. The zero-order valence-electron chi connectivity index (χ0n) is 8.16. The molecular weight excluding hydrogens is 166 g/mol. The summed E-state index contributed by atoms with van der Waals surface area (Å²) in [5.41, 5.74) is 4.32. The molecule has 0 heterocycles. The van der Waals surface area contributed by atoms with E-state index in [1.165, 1.54) is 0 Å². The number of ether oxygens (including phenoxy) is 1. The summed E-state index contributed by atoms with van der Waals surface area (Å²) in [4.78, 5) is 0. The smallest absolute Gasteiger partial charge is 0.121 e. The monoisotopic (exact) mass is 181 g/mol. The van der Waals surface area contributed by atoms with Crippen LogP contribution in [0.4, 0.5) is 0 Å². The molecule has 2 N–H and O–H groups in total. The predicted octanol–water partition coefficient (Wildman–Crippen LogP) is 2.04. The molecule has 0 aliphatic rings. The van der Waals surface area contributed by atoms with Crippen LogP contribution in [-0.2, 0) is 0 Å². The molecule has 0 aliphatic heterocycles. The van der Waals surface area contributed by atoms with E-state index in [-0.39, 0.29) is 6.04 Å². The van der Waals surface area contributed by atoms with Crippen LogP contribution in [0.1, 0.15) is 24.1 Å². The number of methoxy groups -OCH3 is 1. The van der Waals surface area contributed by atoms with E-state index >= 15 is 0 Å². The van der Waals surface area contributed by atoms with Crippen molar-refractivity contribution in [1.29, 1.82) is 0 Å². The third-order valence-electron chi connectivity index (χ3n) is 2.11. The molecule has 3 heteroatoms. The first-order valence-electron chi connectivity index (χ1n) is 4.23. The maximum Gasteiger partial charge on any atom is 0.121 e. The van der Waals surface area contributed by atoms with E-state index in [4.69, 9.17) is 9.94 Å². The Hall–Kier alpha value is -1.06. The van der Waals surface area contributed by atoms with Gasteiger partial charge >= 0.3 is 0 Å². The average Bonchev–Trinajstić information content (AvgIpc) is 2.16. The molecule has 0 bridgehead atoms. The Bertz CT molecular complexity index is 286. The van der Waals surface area contributed by atoms with Gasteiger partial charge in [0.1, 0.15) is 5.75 Å². The largest absolute Gasteiger partial charge is 0.496 e. The van der Waals surface area contributed by atoms with E-state index in [1.807, 2.05) is 32.0 Å². The van der Waals surface area contributed by atoms with Gasteiger partial charge in [-0.05, 0) is 31.0 Å². The second-order valence-corrected chi connectivity index (χ2v) is 3.08. The first-order valence-corrected chi connectivity index (χ1v) is 4.23. The lowest BCUT2D eigenvalue weighted by molar-refractivity contribution is 0.133. The summed E-state index contributed by atoms with van der Waals surface area (Å²) in [6.45, 7) is 3.87. The van der Waals surface area contributed by atoms with Crippen LogP contribution in [0.25, 0.3) is 0 Å². The van der Waals surface area contributed by atoms with Gasteiger partial charge in [-0.1, -0.05) is 12.1 Å². The van der Waals surface area contributed by atoms with E-state index in [0.29, 0.717) is 0 Å². The normalized spacial score (nSPS) is 12.6. The van der Waals surface area contributed by atoms with Gasteiger partial charge in [-0.3, -0.25) is 0 Å². The van der Waals surface area contributed by atoms with E-state index in [2.05, 4.69) is 5.48 Å². The Kier molecular flexibility index (Phi) is 3.28. The fourth-order valence-corrected chi connectivity index (χ4v) is 1.25. The second kappa shape index (κ2) is 4.25. The van der Waals surface area contributed by atoms with Crippen LogP contribution in [0.15, 0.2) is 18.2 Å². The molecule has 13 heavy (non-hydrogen) atoms. The number of hydrogen-bond acceptors (Lipinski definition) is 3. The van der Waals surface area contributed by atoms with Gasteiger partial charge in [0.2, 0.25) is 0 Å². The van der Waals surface area contributed by atoms with Crippen LogP contribution in [0.3, 0.4) is 0 Å². The van der Waals surface area contributed by atoms with Crippen LogP contribution in [0, 0.1) is 6.92 Å². The summed E-state index contributed by atoms with van der Waals surface area (Å²) >= 11 is 0. The molecule has 1 atom stereocenters. The zero-order chi connectivity index (χ0) is 9.84. The Labute approximate surface area is 78.3 Å². The highest BCUT2D eigenvalue weighted by atomic mass is 16.5. The van der Waals surface area contributed by atoms with Crippen LogP contribution >= 0.6 is 0 Å². The van der Waals surface area contributed by atoms with Crippen molar-refractivity contribution in [3.8, 4) is 5.75 Å². The van der Waals surface area contributed by atoms with Crippen LogP contribution in [0.5, 0.6) is 5.75 Å². The molecule has 72 valence electrons. The number of aryl methyl sites for hydroxylation is 1. The van der Waals surface area contributed by atoms with Gasteiger partial charge in [-0.15, -0.1) is 0 Å². The van der Waals surface area contributed by atoms with E-state index in [1.54, 1.807) is 7.11 Å². The highest BCUT2D eigenvalue weighted by Crippen LogP contribution is 2.21. The number of benzene rings is 1. The van der Waals surface area contributed by atoms with Crippen LogP contribution in [0.2, 0.25) is 0 Å². The van der Waals surface area contributed by atoms with Crippen LogP contribution in [-0.4, -0.2) is 12.3 Å². The Morgan fingerprint density at radius 3 is 2.62 bits per heavy atom. The predicted molar refractivity (Wildman–Crippen MR) is 51.1 cm³/mol. The topological polar surface area (TPSA) is 41.5 Å². The van der Waals surface area contributed by atoms with Gasteiger partial charge < -0.3 is 9.94 Å². The molecule has 1 aromatic carbocycles. The molecule has 0 saturated carbocycles. The summed E-state index contributed by atoms with van der Waals surface area (Å²) < 4.78 is 5.13. The van der Waals surface area contributed by atoms with E-state index in [9.17, 15) is 0 Å². The number of hydroxylamine groups is 1. The summed E-state index contributed by atoms with van der Waals surface area (Å²) in [5, 5.41) is 8.72. The van der Waals surface area contributed by atoms with Crippen molar-refractivity contribution in [3.05, 3.63) is 29.3 Å². The third-order valence-corrected chi connectivity index (χ3v) is 2.11. The van der Waals surface area contributed by atoms with E-state index in [0.717, 1.165) is 16.9 Å². The van der Waals surface area contributed by atoms with Crippen molar-refractivity contribution < 1.29 is 9.94 Å². The molecule has 0 spiro atoms. The van der Waals surface area contributed by atoms with Gasteiger partial charge in [-0.2, -0.15) is 5.48 Å². The first-order chi connectivity index (χ1) is 6.19. The Balaban J connectivity index is 2.95. The molecule has 0 aliphatic carbocycles. The minimum Gasteiger partial charge on any atom is -0.496 e. The fourth-order valence-electron chi connectivity index (χ4n) is 1.25. The Morgan fingerprint density at radius 2 is 2.15 bits per heavy atom. The molecule has 0 aromatic heterocycles. The number of hydrogen-bond donors (Lipinski definition) is 2. The van der Waals surface area contributed by atoms with Gasteiger partial charge in [0, 0.05) is 0 Å². The van der Waals surface area contributed by atoms with Crippen LogP contribution < -0.4 is 10.2 Å². The van der Waals surface area contributed by atoms with Gasteiger partial charge in [-0.25, -0.2) is 0 Å². The lowest BCUT2D eigenvalue weighted by atomic mass is 10.1. The van der Waals surface area contributed by atoms with Crippen molar-refractivity contribution >= 4 is 0 Å². The Morgan fingerprint density at radius 1 is 1.46 bits per heavy atom. The van der Waals surface area contributed by atoms with Crippen molar-refractivity contribution in [3.63, 3.8) is 0 Å². The van der Waals surface area contributed by atoms with Crippen molar-refractivity contribution in [2.24, 2.45) is 0 Å². The van der Waals surface area contributed by atoms with E-state index < -0.39 is 0 Å². The summed E-state index contributed by atoms with van der Waals surface area (Å²) in [6.07, 6.45) is 0. The van der Waals surface area contributed by atoms with Gasteiger partial charge in [0.05, 0.1) is 13.2 Å². The lowest BCUT2D eigenvalue weighted by Crippen LogP contribution is -2.13. The minimum atomic E-state index is -0.0513. The molecule has 1 unspecified atom stereocenters. The molecule has 0 radical (unpaired) electrons. The number of rotatable bonds is 3. The average molecular weight is 181 g/mol. The lowest BCUT2D eigenvalue weighted by Gasteiger charge is -2.11. The fraction of sp³-hybridized carbons (Fsp3) is 0.400. The highest BCUT2D eigenvalue weighted by Gasteiger charge is 2.05. The van der Waals surface area contributed by atoms with Crippen molar-refractivity contribution in [1.82, 2.24) is 5.48 Å². The zero-order valence-corrected chi connectivity index (χ0v) is 8.16. The minimum absolute atomic E-state index is 0.0513. The van der Waals surface area contributed by atoms with Crippen molar-refractivity contribution in [2.75, 3.05) is 7.11 Å². The summed E-state index contributed by atoms with van der Waals surface area (Å²) in [6, 6.07) is 5.77. The molecular formula is C10H15NO2. The second-order valence-electron chi connectivity index (χ2n) is 3.08. The summed E-state index contributed by atoms with van der Waals surface area (Å²) in [5.74, 6) is 0.869. The molecule has 0 amide bonds. The maximum atomic E-state index is 8.72. The molecule has 3 nitrogen and oxygen atoms in total. The standard InChI is InChI=1S/C10H15NO2/c1-7-6-9(8(2)11-12)4-5-10(7)13-3/h4-6,8,11-12H,1-3H3. The molecule has 0 fully saturated rings. The maximum absolute atomic E-state index is 8.72. The quantitative estimate of drug-likeness (QED) is 0.701. The molecule has 1 rings (SSSR count).